The standard InChI is InChI=1S/C23H28O11/c1-30-11-6-13(25)12-8-14(26)22(32-16(12)7-11)10-3-4-15(17(5-10)31-2)33-23-21(29)20(28)19(27)18(9-24)34-23/h3-7,14,18-29H,8-9H2,1-2H3/t14-,18+,19+,20-,21+,22+,23+/m0/s1. The minimum absolute atomic E-state index is 0.0345. The van der Waals surface area contributed by atoms with Gasteiger partial charge in [-0.3, -0.25) is 0 Å². The Kier molecular flexibility index (Phi) is 7.03. The topological polar surface area (TPSA) is 168 Å². The molecule has 2 aliphatic rings. The molecule has 0 bridgehead atoms. The van der Waals surface area contributed by atoms with E-state index in [1.165, 1.54) is 26.4 Å². The maximum absolute atomic E-state index is 10.7. The predicted molar refractivity (Wildman–Crippen MR) is 115 cm³/mol. The first-order chi connectivity index (χ1) is 16.3. The lowest BCUT2D eigenvalue weighted by Crippen LogP contribution is -2.60. The molecule has 2 aliphatic heterocycles. The molecule has 34 heavy (non-hydrogen) atoms. The number of hydrogen-bond donors (Lipinski definition) is 6. The van der Waals surface area contributed by atoms with Crippen molar-refractivity contribution in [1.82, 2.24) is 0 Å². The van der Waals surface area contributed by atoms with Crippen molar-refractivity contribution in [3.8, 4) is 28.7 Å². The molecule has 0 unspecified atom stereocenters. The van der Waals surface area contributed by atoms with Crippen molar-refractivity contribution >= 4 is 0 Å². The molecule has 186 valence electrons. The summed E-state index contributed by atoms with van der Waals surface area (Å²) in [6.07, 6.45) is -8.76. The molecular weight excluding hydrogens is 452 g/mol. The summed E-state index contributed by atoms with van der Waals surface area (Å²) in [5, 5.41) is 60.4. The van der Waals surface area contributed by atoms with Crippen LogP contribution in [0.2, 0.25) is 0 Å². The molecule has 0 amide bonds. The summed E-state index contributed by atoms with van der Waals surface area (Å²) >= 11 is 0. The van der Waals surface area contributed by atoms with Crippen LogP contribution in [0.25, 0.3) is 0 Å². The quantitative estimate of drug-likeness (QED) is 0.319. The number of aromatic hydroxyl groups is 1. The highest BCUT2D eigenvalue weighted by atomic mass is 16.7. The van der Waals surface area contributed by atoms with Gasteiger partial charge in [-0.25, -0.2) is 0 Å². The molecular formula is C23H28O11. The Morgan fingerprint density at radius 3 is 2.38 bits per heavy atom. The third-order valence-electron chi connectivity index (χ3n) is 6.02. The fraction of sp³-hybridized carbons (Fsp3) is 0.478. The van der Waals surface area contributed by atoms with Gasteiger partial charge in [-0.05, 0) is 17.7 Å². The minimum Gasteiger partial charge on any atom is -0.507 e. The molecule has 2 aromatic rings. The summed E-state index contributed by atoms with van der Waals surface area (Å²) in [7, 11) is 2.87. The van der Waals surface area contributed by atoms with Crippen molar-refractivity contribution in [2.24, 2.45) is 0 Å². The molecule has 0 aromatic heterocycles. The zero-order chi connectivity index (χ0) is 24.6. The van der Waals surface area contributed by atoms with Gasteiger partial charge in [0.05, 0.1) is 26.9 Å². The van der Waals surface area contributed by atoms with E-state index in [-0.39, 0.29) is 23.7 Å². The van der Waals surface area contributed by atoms with E-state index in [0.717, 1.165) is 0 Å². The number of phenolic OH excluding ortho intramolecular Hbond substituents is 1. The first kappa shape index (κ1) is 24.3. The van der Waals surface area contributed by atoms with E-state index in [1.807, 2.05) is 0 Å². The third-order valence-corrected chi connectivity index (χ3v) is 6.02. The first-order valence-corrected chi connectivity index (χ1v) is 10.7. The van der Waals surface area contributed by atoms with E-state index in [9.17, 15) is 30.6 Å². The first-order valence-electron chi connectivity index (χ1n) is 10.7. The number of ether oxygens (including phenoxy) is 5. The van der Waals surface area contributed by atoms with Crippen molar-refractivity contribution in [2.75, 3.05) is 20.8 Å². The molecule has 2 heterocycles. The number of phenols is 1. The summed E-state index contributed by atoms with van der Waals surface area (Å²) in [6, 6.07) is 7.80. The van der Waals surface area contributed by atoms with E-state index in [0.29, 0.717) is 22.6 Å². The molecule has 11 heteroatoms. The van der Waals surface area contributed by atoms with Gasteiger partial charge < -0.3 is 54.3 Å². The Morgan fingerprint density at radius 2 is 1.71 bits per heavy atom. The lowest BCUT2D eigenvalue weighted by Gasteiger charge is -2.39. The van der Waals surface area contributed by atoms with Gasteiger partial charge in [-0.15, -0.1) is 0 Å². The number of hydrogen-bond acceptors (Lipinski definition) is 11. The van der Waals surface area contributed by atoms with Gasteiger partial charge in [-0.2, -0.15) is 0 Å². The van der Waals surface area contributed by atoms with E-state index < -0.39 is 49.5 Å². The van der Waals surface area contributed by atoms with Crippen molar-refractivity contribution in [1.29, 1.82) is 0 Å². The van der Waals surface area contributed by atoms with Crippen LogP contribution in [0, 0.1) is 0 Å². The van der Waals surface area contributed by atoms with Crippen molar-refractivity contribution in [3.63, 3.8) is 0 Å². The van der Waals surface area contributed by atoms with E-state index in [2.05, 4.69) is 0 Å². The molecule has 0 aliphatic carbocycles. The van der Waals surface area contributed by atoms with Gasteiger partial charge in [0.25, 0.3) is 0 Å². The molecule has 4 rings (SSSR count). The molecule has 2 aromatic carbocycles. The number of benzene rings is 2. The zero-order valence-corrected chi connectivity index (χ0v) is 18.6. The van der Waals surface area contributed by atoms with Crippen LogP contribution in [0.4, 0.5) is 0 Å². The smallest absolute Gasteiger partial charge is 0.229 e. The molecule has 1 fully saturated rings. The number of aliphatic hydroxyl groups excluding tert-OH is 5. The SMILES string of the molecule is COc1cc(O)c2c(c1)O[C@H](c1ccc(O[C@@H]3O[C@H](CO)[C@@H](O)[C@H](O)[C@H]3O)c(OC)c1)[C@@H](O)C2. The van der Waals surface area contributed by atoms with E-state index in [1.54, 1.807) is 18.2 Å². The summed E-state index contributed by atoms with van der Waals surface area (Å²) in [6.45, 7) is -0.584. The van der Waals surface area contributed by atoms with Gasteiger partial charge in [0.1, 0.15) is 47.8 Å². The Balaban J connectivity index is 1.57. The van der Waals surface area contributed by atoms with Crippen LogP contribution in [-0.4, -0.2) is 88.3 Å². The van der Waals surface area contributed by atoms with Crippen LogP contribution >= 0.6 is 0 Å². The number of methoxy groups -OCH3 is 2. The normalized spacial score (nSPS) is 30.7. The number of fused-ring (bicyclic) bond motifs is 1. The second kappa shape index (κ2) is 9.82. The summed E-state index contributed by atoms with van der Waals surface area (Å²) in [4.78, 5) is 0. The Labute approximate surface area is 195 Å². The summed E-state index contributed by atoms with van der Waals surface area (Å²) < 4.78 is 27.6. The minimum atomic E-state index is -1.58. The fourth-order valence-corrected chi connectivity index (χ4v) is 4.10. The van der Waals surface area contributed by atoms with Crippen LogP contribution in [0.15, 0.2) is 30.3 Å². The Morgan fingerprint density at radius 1 is 0.941 bits per heavy atom. The largest absolute Gasteiger partial charge is 0.507 e. The number of rotatable bonds is 6. The fourth-order valence-electron chi connectivity index (χ4n) is 4.10. The number of aliphatic hydroxyl groups is 5. The lowest BCUT2D eigenvalue weighted by atomic mass is 9.94. The molecule has 7 atom stereocenters. The van der Waals surface area contributed by atoms with Crippen LogP contribution in [0.1, 0.15) is 17.2 Å². The third kappa shape index (κ3) is 4.45. The van der Waals surface area contributed by atoms with Crippen molar-refractivity contribution < 1.29 is 54.3 Å². The van der Waals surface area contributed by atoms with Gasteiger partial charge in [0.2, 0.25) is 6.29 Å². The highest BCUT2D eigenvalue weighted by molar-refractivity contribution is 5.52. The van der Waals surface area contributed by atoms with Gasteiger partial charge >= 0.3 is 0 Å². The second-order valence-electron chi connectivity index (χ2n) is 8.16. The molecule has 1 saturated heterocycles. The Bertz CT molecular complexity index is 1010. The van der Waals surface area contributed by atoms with Crippen molar-refractivity contribution in [3.05, 3.63) is 41.5 Å². The molecule has 0 radical (unpaired) electrons. The monoisotopic (exact) mass is 480 g/mol. The molecule has 11 nitrogen and oxygen atoms in total. The predicted octanol–water partition coefficient (Wildman–Crippen LogP) is -0.375. The highest BCUT2D eigenvalue weighted by Crippen LogP contribution is 2.43. The average Bonchev–Trinajstić information content (AvgIpc) is 2.84. The van der Waals surface area contributed by atoms with Crippen molar-refractivity contribution in [2.45, 2.75) is 49.3 Å². The van der Waals surface area contributed by atoms with E-state index in [4.69, 9.17) is 23.7 Å². The molecule has 6 N–H and O–H groups in total. The summed E-state index contributed by atoms with van der Waals surface area (Å²) in [5.74, 6) is 1.14. The molecule has 0 spiro atoms. The average molecular weight is 480 g/mol. The highest BCUT2D eigenvalue weighted by Gasteiger charge is 2.45. The van der Waals surface area contributed by atoms with Gasteiger partial charge in [0, 0.05) is 24.1 Å². The molecule has 0 saturated carbocycles. The van der Waals surface area contributed by atoms with Crippen LogP contribution in [0.3, 0.4) is 0 Å². The van der Waals surface area contributed by atoms with Gasteiger partial charge in [-0.1, -0.05) is 6.07 Å². The lowest BCUT2D eigenvalue weighted by molar-refractivity contribution is -0.277. The maximum atomic E-state index is 10.7. The zero-order valence-electron chi connectivity index (χ0n) is 18.6. The second-order valence-corrected chi connectivity index (χ2v) is 8.16. The van der Waals surface area contributed by atoms with Crippen LogP contribution < -0.4 is 18.9 Å². The van der Waals surface area contributed by atoms with Crippen LogP contribution in [-0.2, 0) is 11.2 Å². The van der Waals surface area contributed by atoms with E-state index >= 15 is 0 Å². The Hall–Kier alpha value is -2.80. The van der Waals surface area contributed by atoms with Crippen LogP contribution in [0.5, 0.6) is 28.7 Å². The maximum Gasteiger partial charge on any atom is 0.229 e. The van der Waals surface area contributed by atoms with Gasteiger partial charge in [0.15, 0.2) is 11.5 Å². The summed E-state index contributed by atoms with van der Waals surface area (Å²) in [5.41, 5.74) is 1.03.